The van der Waals surface area contributed by atoms with Gasteiger partial charge in [0.1, 0.15) is 0 Å². The molecular formula is C11H17N3O2. The molecule has 1 unspecified atom stereocenters. The lowest BCUT2D eigenvalue weighted by Crippen LogP contribution is -2.42. The molecule has 1 aliphatic rings. The van der Waals surface area contributed by atoms with E-state index < -0.39 is 0 Å². The molecule has 1 atom stereocenters. The van der Waals surface area contributed by atoms with Gasteiger partial charge in [0.2, 0.25) is 0 Å². The smallest absolute Gasteiger partial charge is 0.257 e. The molecule has 2 rings (SSSR count). The monoisotopic (exact) mass is 223 g/mol. The van der Waals surface area contributed by atoms with E-state index in [1.807, 2.05) is 14.0 Å². The number of aliphatic hydroxyl groups is 1. The maximum absolute atomic E-state index is 12.1. The number of hydrogen-bond acceptors (Lipinski definition) is 3. The summed E-state index contributed by atoms with van der Waals surface area (Å²) in [7, 11) is 1.82. The predicted molar refractivity (Wildman–Crippen MR) is 59.1 cm³/mol. The molecule has 5 heteroatoms. The van der Waals surface area contributed by atoms with Crippen molar-refractivity contribution in [2.45, 2.75) is 25.9 Å². The van der Waals surface area contributed by atoms with Gasteiger partial charge in [-0.25, -0.2) is 0 Å². The van der Waals surface area contributed by atoms with Crippen molar-refractivity contribution >= 4 is 5.91 Å². The lowest BCUT2D eigenvalue weighted by atomic mass is 10.1. The van der Waals surface area contributed by atoms with Crippen molar-refractivity contribution in [1.29, 1.82) is 0 Å². The van der Waals surface area contributed by atoms with Crippen molar-refractivity contribution < 1.29 is 9.90 Å². The minimum Gasteiger partial charge on any atom is -0.391 e. The number of β-amino-alcohol motifs (C(OH)–C–C–N with tert-alkyl or cyclic N) is 1. The minimum atomic E-state index is -0.380. The number of likely N-dealkylation sites (tertiary alicyclic amines) is 1. The summed E-state index contributed by atoms with van der Waals surface area (Å²) in [5.41, 5.74) is 1.50. The fourth-order valence-electron chi connectivity index (χ4n) is 2.02. The molecule has 16 heavy (non-hydrogen) atoms. The molecule has 2 heterocycles. The summed E-state index contributed by atoms with van der Waals surface area (Å²) < 4.78 is 1.69. The SMILES string of the molecule is Cc1c(C(=O)N2CCCC(O)C2)cnn1C. The third-order valence-electron chi connectivity index (χ3n) is 3.15. The molecule has 0 saturated carbocycles. The van der Waals surface area contributed by atoms with Crippen LogP contribution in [0.25, 0.3) is 0 Å². The molecule has 1 amide bonds. The summed E-state index contributed by atoms with van der Waals surface area (Å²) in [4.78, 5) is 13.8. The van der Waals surface area contributed by atoms with Crippen LogP contribution in [0.4, 0.5) is 0 Å². The van der Waals surface area contributed by atoms with E-state index in [0.717, 1.165) is 25.1 Å². The summed E-state index contributed by atoms with van der Waals surface area (Å²) >= 11 is 0. The first-order valence-corrected chi connectivity index (χ1v) is 5.55. The van der Waals surface area contributed by atoms with Crippen LogP contribution in [0.1, 0.15) is 28.9 Å². The first-order valence-electron chi connectivity index (χ1n) is 5.55. The van der Waals surface area contributed by atoms with E-state index in [-0.39, 0.29) is 12.0 Å². The highest BCUT2D eigenvalue weighted by Gasteiger charge is 2.25. The number of amides is 1. The van der Waals surface area contributed by atoms with Crippen molar-refractivity contribution in [3.05, 3.63) is 17.5 Å². The number of carbonyl (C=O) groups is 1. The Hall–Kier alpha value is -1.36. The Bertz CT molecular complexity index is 400. The first kappa shape index (κ1) is 11.1. The van der Waals surface area contributed by atoms with Gasteiger partial charge < -0.3 is 10.0 Å². The molecule has 1 aromatic heterocycles. The third kappa shape index (κ3) is 1.95. The Balaban J connectivity index is 2.15. The topological polar surface area (TPSA) is 58.4 Å². The van der Waals surface area contributed by atoms with Crippen LogP contribution in [-0.2, 0) is 7.05 Å². The molecule has 0 aromatic carbocycles. The zero-order chi connectivity index (χ0) is 11.7. The Morgan fingerprint density at radius 3 is 2.94 bits per heavy atom. The maximum Gasteiger partial charge on any atom is 0.257 e. The Labute approximate surface area is 94.7 Å². The number of aliphatic hydroxyl groups excluding tert-OH is 1. The normalized spacial score (nSPS) is 21.2. The first-order chi connectivity index (χ1) is 7.59. The zero-order valence-corrected chi connectivity index (χ0v) is 9.68. The number of piperidine rings is 1. The number of carbonyl (C=O) groups excluding carboxylic acids is 1. The van der Waals surface area contributed by atoms with Gasteiger partial charge in [0.05, 0.1) is 17.9 Å². The molecule has 1 N–H and O–H groups in total. The van der Waals surface area contributed by atoms with Crippen molar-refractivity contribution in [2.24, 2.45) is 7.05 Å². The number of rotatable bonds is 1. The molecule has 88 valence electrons. The van der Waals surface area contributed by atoms with Crippen LogP contribution in [0.15, 0.2) is 6.20 Å². The summed E-state index contributed by atoms with van der Waals surface area (Å²) in [5, 5.41) is 13.6. The Morgan fingerprint density at radius 2 is 2.38 bits per heavy atom. The molecule has 1 fully saturated rings. The zero-order valence-electron chi connectivity index (χ0n) is 9.68. The van der Waals surface area contributed by atoms with Crippen LogP contribution >= 0.6 is 0 Å². The van der Waals surface area contributed by atoms with Gasteiger partial charge in [-0.05, 0) is 19.8 Å². The lowest BCUT2D eigenvalue weighted by molar-refractivity contribution is 0.0473. The highest BCUT2D eigenvalue weighted by molar-refractivity contribution is 5.95. The van der Waals surface area contributed by atoms with Gasteiger partial charge >= 0.3 is 0 Å². The van der Waals surface area contributed by atoms with Crippen LogP contribution in [0.5, 0.6) is 0 Å². The van der Waals surface area contributed by atoms with Gasteiger partial charge in [0, 0.05) is 25.8 Å². The molecule has 1 aromatic rings. The van der Waals surface area contributed by atoms with E-state index in [9.17, 15) is 9.90 Å². The van der Waals surface area contributed by atoms with Gasteiger partial charge in [-0.3, -0.25) is 9.48 Å². The fraction of sp³-hybridized carbons (Fsp3) is 0.636. The van der Waals surface area contributed by atoms with Crippen molar-refractivity contribution in [3.63, 3.8) is 0 Å². The number of aryl methyl sites for hydroxylation is 1. The van der Waals surface area contributed by atoms with E-state index in [4.69, 9.17) is 0 Å². The highest BCUT2D eigenvalue weighted by Crippen LogP contribution is 2.15. The minimum absolute atomic E-state index is 0.0237. The summed E-state index contributed by atoms with van der Waals surface area (Å²) in [6, 6.07) is 0. The fourth-order valence-corrected chi connectivity index (χ4v) is 2.02. The molecule has 1 aliphatic heterocycles. The van der Waals surface area contributed by atoms with Crippen LogP contribution < -0.4 is 0 Å². The maximum atomic E-state index is 12.1. The van der Waals surface area contributed by atoms with E-state index >= 15 is 0 Å². The molecule has 0 radical (unpaired) electrons. The van der Waals surface area contributed by atoms with Crippen molar-refractivity contribution in [3.8, 4) is 0 Å². The van der Waals surface area contributed by atoms with Gasteiger partial charge in [-0.15, -0.1) is 0 Å². The Morgan fingerprint density at radius 1 is 1.62 bits per heavy atom. The number of nitrogens with zero attached hydrogens (tertiary/aromatic N) is 3. The van der Waals surface area contributed by atoms with E-state index in [0.29, 0.717) is 12.1 Å². The predicted octanol–water partition coefficient (Wildman–Crippen LogP) is 0.325. The lowest BCUT2D eigenvalue weighted by Gasteiger charge is -2.29. The molecule has 1 saturated heterocycles. The molecule has 0 bridgehead atoms. The third-order valence-corrected chi connectivity index (χ3v) is 3.15. The van der Waals surface area contributed by atoms with Gasteiger partial charge in [0.15, 0.2) is 0 Å². The van der Waals surface area contributed by atoms with Crippen molar-refractivity contribution in [2.75, 3.05) is 13.1 Å². The van der Waals surface area contributed by atoms with E-state index in [1.54, 1.807) is 15.8 Å². The summed E-state index contributed by atoms with van der Waals surface area (Å²) in [6.07, 6.45) is 2.87. The Kier molecular flexibility index (Phi) is 2.96. The largest absolute Gasteiger partial charge is 0.391 e. The standard InChI is InChI=1S/C11H17N3O2/c1-8-10(6-12-13(8)2)11(16)14-5-3-4-9(15)7-14/h6,9,15H,3-5,7H2,1-2H3. The second-order valence-electron chi connectivity index (χ2n) is 4.31. The van der Waals surface area contributed by atoms with Crippen LogP contribution in [0.2, 0.25) is 0 Å². The van der Waals surface area contributed by atoms with Crippen LogP contribution in [-0.4, -0.2) is 44.9 Å². The van der Waals surface area contributed by atoms with Crippen LogP contribution in [0, 0.1) is 6.92 Å². The highest BCUT2D eigenvalue weighted by atomic mass is 16.3. The van der Waals surface area contributed by atoms with Gasteiger partial charge in [-0.2, -0.15) is 5.10 Å². The summed E-state index contributed by atoms with van der Waals surface area (Å²) in [5.74, 6) is -0.0237. The molecule has 0 aliphatic carbocycles. The average Bonchev–Trinajstić information content (AvgIpc) is 2.59. The summed E-state index contributed by atoms with van der Waals surface area (Å²) in [6.45, 7) is 3.04. The van der Waals surface area contributed by atoms with Crippen LogP contribution in [0.3, 0.4) is 0 Å². The number of hydrogen-bond donors (Lipinski definition) is 1. The molecule has 5 nitrogen and oxygen atoms in total. The van der Waals surface area contributed by atoms with E-state index in [1.165, 1.54) is 0 Å². The molecule has 0 spiro atoms. The second kappa shape index (κ2) is 4.25. The quantitative estimate of drug-likeness (QED) is 0.746. The number of aromatic nitrogens is 2. The van der Waals surface area contributed by atoms with Gasteiger partial charge in [-0.1, -0.05) is 0 Å². The van der Waals surface area contributed by atoms with Crippen molar-refractivity contribution in [1.82, 2.24) is 14.7 Å². The van der Waals surface area contributed by atoms with E-state index in [2.05, 4.69) is 5.10 Å². The average molecular weight is 223 g/mol. The second-order valence-corrected chi connectivity index (χ2v) is 4.31. The molecular weight excluding hydrogens is 206 g/mol. The van der Waals surface area contributed by atoms with Gasteiger partial charge in [0.25, 0.3) is 5.91 Å².